The molecule has 1 fully saturated rings. The standard InChI is InChI=1S/C20H20ClF3N2O2/c1-13-10-16(26-6-8-28-9-7-26)11-17(20(22,23)24)18(13)19(27)25-12-14-2-4-15(21)5-3-14/h2-5,10-11H,6-9,12H2,1H3,(H,25,27). The summed E-state index contributed by atoms with van der Waals surface area (Å²) in [7, 11) is 0. The summed E-state index contributed by atoms with van der Waals surface area (Å²) in [6.07, 6.45) is -4.64. The molecule has 8 heteroatoms. The van der Waals surface area contributed by atoms with Crippen LogP contribution in [0, 0.1) is 6.92 Å². The van der Waals surface area contributed by atoms with Gasteiger partial charge in [-0.25, -0.2) is 0 Å². The molecule has 2 aromatic carbocycles. The van der Waals surface area contributed by atoms with E-state index in [-0.39, 0.29) is 17.7 Å². The van der Waals surface area contributed by atoms with E-state index in [4.69, 9.17) is 16.3 Å². The Morgan fingerprint density at radius 2 is 1.82 bits per heavy atom. The average Bonchev–Trinajstić information content (AvgIpc) is 2.66. The number of rotatable bonds is 4. The third-order valence-corrected chi connectivity index (χ3v) is 4.85. The van der Waals surface area contributed by atoms with Crippen molar-refractivity contribution in [1.82, 2.24) is 5.32 Å². The van der Waals surface area contributed by atoms with Gasteiger partial charge in [0.25, 0.3) is 5.91 Å². The zero-order chi connectivity index (χ0) is 20.3. The van der Waals surface area contributed by atoms with Crippen molar-refractivity contribution in [3.8, 4) is 0 Å². The second-order valence-electron chi connectivity index (χ2n) is 6.59. The molecule has 1 heterocycles. The Kier molecular flexibility index (Phi) is 6.15. The number of amides is 1. The summed E-state index contributed by atoms with van der Waals surface area (Å²) < 4.78 is 46.4. The van der Waals surface area contributed by atoms with Crippen LogP contribution < -0.4 is 10.2 Å². The van der Waals surface area contributed by atoms with Gasteiger partial charge in [0.05, 0.1) is 24.3 Å². The summed E-state index contributed by atoms with van der Waals surface area (Å²) in [5, 5.41) is 3.12. The van der Waals surface area contributed by atoms with E-state index in [0.29, 0.717) is 37.0 Å². The van der Waals surface area contributed by atoms with Gasteiger partial charge in [-0.3, -0.25) is 4.79 Å². The zero-order valence-electron chi connectivity index (χ0n) is 15.3. The zero-order valence-corrected chi connectivity index (χ0v) is 16.0. The Labute approximate surface area is 166 Å². The van der Waals surface area contributed by atoms with Crippen LogP contribution in [0.1, 0.15) is 27.0 Å². The number of anilines is 1. The number of hydrogen-bond acceptors (Lipinski definition) is 3. The van der Waals surface area contributed by atoms with E-state index in [1.807, 2.05) is 4.90 Å². The van der Waals surface area contributed by atoms with E-state index < -0.39 is 17.6 Å². The van der Waals surface area contributed by atoms with E-state index in [2.05, 4.69) is 5.32 Å². The van der Waals surface area contributed by atoms with Gasteiger partial charge in [-0.2, -0.15) is 13.2 Å². The number of nitrogens with zero attached hydrogens (tertiary/aromatic N) is 1. The maximum atomic E-state index is 13.7. The number of halogens is 4. The first-order chi connectivity index (χ1) is 13.3. The smallest absolute Gasteiger partial charge is 0.378 e. The SMILES string of the molecule is Cc1cc(N2CCOCC2)cc(C(F)(F)F)c1C(=O)NCc1ccc(Cl)cc1. The number of alkyl halides is 3. The maximum absolute atomic E-state index is 13.7. The summed E-state index contributed by atoms with van der Waals surface area (Å²) in [5.74, 6) is -0.756. The van der Waals surface area contributed by atoms with E-state index in [1.54, 1.807) is 30.3 Å². The molecule has 0 saturated carbocycles. The number of morpholine rings is 1. The molecule has 3 rings (SSSR count). The van der Waals surface area contributed by atoms with Gasteiger partial charge in [-0.1, -0.05) is 23.7 Å². The Balaban J connectivity index is 1.87. The molecule has 2 aromatic rings. The fourth-order valence-electron chi connectivity index (χ4n) is 3.17. The molecule has 0 unspecified atom stereocenters. The number of aryl methyl sites for hydroxylation is 1. The molecule has 150 valence electrons. The number of carbonyl (C=O) groups excluding carboxylic acids is 1. The Hall–Kier alpha value is -2.25. The highest BCUT2D eigenvalue weighted by atomic mass is 35.5. The quantitative estimate of drug-likeness (QED) is 0.807. The lowest BCUT2D eigenvalue weighted by Gasteiger charge is -2.30. The molecule has 28 heavy (non-hydrogen) atoms. The number of carbonyl (C=O) groups is 1. The van der Waals surface area contributed by atoms with Gasteiger partial charge in [0.2, 0.25) is 0 Å². The van der Waals surface area contributed by atoms with Crippen molar-refractivity contribution < 1.29 is 22.7 Å². The van der Waals surface area contributed by atoms with Gasteiger partial charge in [-0.15, -0.1) is 0 Å². The van der Waals surface area contributed by atoms with Gasteiger partial charge < -0.3 is 15.0 Å². The molecule has 1 amide bonds. The minimum atomic E-state index is -4.64. The van der Waals surface area contributed by atoms with Crippen LogP contribution in [0.5, 0.6) is 0 Å². The highest BCUT2D eigenvalue weighted by Crippen LogP contribution is 2.36. The second-order valence-corrected chi connectivity index (χ2v) is 7.03. The summed E-state index contributed by atoms with van der Waals surface area (Å²) in [4.78, 5) is 14.4. The van der Waals surface area contributed by atoms with Crippen molar-refractivity contribution in [2.75, 3.05) is 31.2 Å². The lowest BCUT2D eigenvalue weighted by Crippen LogP contribution is -2.36. The monoisotopic (exact) mass is 412 g/mol. The third-order valence-electron chi connectivity index (χ3n) is 4.60. The van der Waals surface area contributed by atoms with E-state index in [1.165, 1.54) is 6.92 Å². The molecule has 0 aliphatic carbocycles. The minimum absolute atomic E-state index is 0.109. The summed E-state index contributed by atoms with van der Waals surface area (Å²) in [5.41, 5.74) is 0.197. The number of benzene rings is 2. The highest BCUT2D eigenvalue weighted by Gasteiger charge is 2.37. The molecule has 1 saturated heterocycles. The Bertz CT molecular complexity index is 848. The summed E-state index contributed by atoms with van der Waals surface area (Å²) in [6.45, 7) is 3.58. The number of nitrogens with one attached hydrogen (secondary N) is 1. The van der Waals surface area contributed by atoms with Crippen molar-refractivity contribution in [3.63, 3.8) is 0 Å². The van der Waals surface area contributed by atoms with Gasteiger partial charge >= 0.3 is 6.18 Å². The van der Waals surface area contributed by atoms with Crippen LogP contribution in [0.25, 0.3) is 0 Å². The normalized spacial score (nSPS) is 14.8. The Morgan fingerprint density at radius 3 is 2.43 bits per heavy atom. The van der Waals surface area contributed by atoms with Gasteiger partial charge in [0.1, 0.15) is 0 Å². The van der Waals surface area contributed by atoms with Crippen molar-refractivity contribution in [2.24, 2.45) is 0 Å². The number of hydrogen-bond donors (Lipinski definition) is 1. The van der Waals surface area contributed by atoms with E-state index >= 15 is 0 Å². The first-order valence-electron chi connectivity index (χ1n) is 8.83. The van der Waals surface area contributed by atoms with Crippen LogP contribution in [-0.4, -0.2) is 32.2 Å². The molecular weight excluding hydrogens is 393 g/mol. The van der Waals surface area contributed by atoms with Crippen LogP contribution in [0.15, 0.2) is 36.4 Å². The predicted octanol–water partition coefficient (Wildman–Crippen LogP) is 4.43. The van der Waals surface area contributed by atoms with Crippen LogP contribution in [0.3, 0.4) is 0 Å². The highest BCUT2D eigenvalue weighted by molar-refractivity contribution is 6.30. The minimum Gasteiger partial charge on any atom is -0.378 e. The lowest BCUT2D eigenvalue weighted by atomic mass is 9.98. The van der Waals surface area contributed by atoms with Crippen LogP contribution in [0.4, 0.5) is 18.9 Å². The molecule has 0 atom stereocenters. The molecular formula is C20H20ClF3N2O2. The third kappa shape index (κ3) is 4.77. The van der Waals surface area contributed by atoms with Gasteiger partial charge in [0.15, 0.2) is 0 Å². The topological polar surface area (TPSA) is 41.6 Å². The van der Waals surface area contributed by atoms with Crippen molar-refractivity contribution in [3.05, 3.63) is 63.7 Å². The predicted molar refractivity (Wildman–Crippen MR) is 102 cm³/mol. The second kappa shape index (κ2) is 8.41. The van der Waals surface area contributed by atoms with Crippen LogP contribution >= 0.6 is 11.6 Å². The molecule has 1 N–H and O–H groups in total. The molecule has 4 nitrogen and oxygen atoms in total. The lowest BCUT2D eigenvalue weighted by molar-refractivity contribution is -0.137. The van der Waals surface area contributed by atoms with Crippen molar-refractivity contribution >= 4 is 23.2 Å². The van der Waals surface area contributed by atoms with Gasteiger partial charge in [-0.05, 0) is 42.3 Å². The van der Waals surface area contributed by atoms with Crippen LogP contribution in [-0.2, 0) is 17.5 Å². The largest absolute Gasteiger partial charge is 0.417 e. The van der Waals surface area contributed by atoms with Gasteiger partial charge in [0, 0.05) is 30.3 Å². The molecule has 0 aromatic heterocycles. The summed E-state index contributed by atoms with van der Waals surface area (Å²) >= 11 is 5.82. The molecule has 0 spiro atoms. The first-order valence-corrected chi connectivity index (χ1v) is 9.20. The van der Waals surface area contributed by atoms with Crippen molar-refractivity contribution in [2.45, 2.75) is 19.6 Å². The average molecular weight is 413 g/mol. The maximum Gasteiger partial charge on any atom is 0.417 e. The van der Waals surface area contributed by atoms with E-state index in [0.717, 1.165) is 11.6 Å². The van der Waals surface area contributed by atoms with E-state index in [9.17, 15) is 18.0 Å². The fraction of sp³-hybridized carbons (Fsp3) is 0.350. The summed E-state index contributed by atoms with van der Waals surface area (Å²) in [6, 6.07) is 9.41. The Morgan fingerprint density at radius 1 is 1.18 bits per heavy atom. The molecule has 0 radical (unpaired) electrons. The van der Waals surface area contributed by atoms with Crippen LogP contribution in [0.2, 0.25) is 5.02 Å². The van der Waals surface area contributed by atoms with Crippen molar-refractivity contribution in [1.29, 1.82) is 0 Å². The molecule has 1 aliphatic rings. The molecule has 1 aliphatic heterocycles. The number of ether oxygens (including phenoxy) is 1. The first kappa shape index (κ1) is 20.5. The molecule has 0 bridgehead atoms. The fourth-order valence-corrected chi connectivity index (χ4v) is 3.30.